The van der Waals surface area contributed by atoms with Crippen molar-refractivity contribution in [2.24, 2.45) is 0 Å². The number of rotatable bonds is 3. The smallest absolute Gasteiger partial charge is 0.255 e. The Labute approximate surface area is 112 Å². The topological polar surface area (TPSA) is 20.3 Å². The zero-order valence-corrected chi connectivity index (χ0v) is 12.8. The Morgan fingerprint density at radius 1 is 1.41 bits per heavy atom. The van der Waals surface area contributed by atoms with Crippen LogP contribution in [-0.2, 0) is 0 Å². The van der Waals surface area contributed by atoms with Gasteiger partial charge in [0.05, 0.1) is 5.56 Å². The zero-order valence-electron chi connectivity index (χ0n) is 11.2. The molecule has 0 spiro atoms. The highest BCUT2D eigenvalue weighted by atomic mass is 79.9. The van der Waals surface area contributed by atoms with E-state index in [1.165, 1.54) is 0 Å². The van der Waals surface area contributed by atoms with Crippen molar-refractivity contribution >= 4 is 21.8 Å². The Bertz CT molecular complexity index is 426. The van der Waals surface area contributed by atoms with Crippen LogP contribution in [0.3, 0.4) is 0 Å². The molecule has 0 heterocycles. The Morgan fingerprint density at radius 3 is 2.47 bits per heavy atom. The SMILES string of the molecule is CCC(C)(C)N(C)C(=O)c1ccc(C)cc1Br. The predicted octanol–water partition coefficient (Wildman–Crippen LogP) is 4.02. The van der Waals surface area contributed by atoms with Crippen molar-refractivity contribution in [2.45, 2.75) is 39.7 Å². The summed E-state index contributed by atoms with van der Waals surface area (Å²) in [4.78, 5) is 14.2. The second-order valence-electron chi connectivity index (χ2n) is 5.01. The molecule has 0 atom stereocenters. The lowest BCUT2D eigenvalue weighted by atomic mass is 9.98. The van der Waals surface area contributed by atoms with Crippen molar-refractivity contribution in [1.82, 2.24) is 4.90 Å². The van der Waals surface area contributed by atoms with Crippen LogP contribution in [0, 0.1) is 6.92 Å². The van der Waals surface area contributed by atoms with Gasteiger partial charge in [-0.2, -0.15) is 0 Å². The lowest BCUT2D eigenvalue weighted by Crippen LogP contribution is -2.44. The van der Waals surface area contributed by atoms with Gasteiger partial charge in [-0.1, -0.05) is 13.0 Å². The van der Waals surface area contributed by atoms with Crippen molar-refractivity contribution in [3.63, 3.8) is 0 Å². The molecule has 0 fully saturated rings. The van der Waals surface area contributed by atoms with Crippen molar-refractivity contribution in [1.29, 1.82) is 0 Å². The van der Waals surface area contributed by atoms with Crippen LogP contribution in [0.2, 0.25) is 0 Å². The molecule has 0 aliphatic rings. The fourth-order valence-electron chi connectivity index (χ4n) is 1.49. The molecule has 0 N–H and O–H groups in total. The summed E-state index contributed by atoms with van der Waals surface area (Å²) in [5.41, 5.74) is 1.74. The maximum atomic E-state index is 12.4. The van der Waals surface area contributed by atoms with Gasteiger partial charge in [-0.05, 0) is 60.8 Å². The van der Waals surface area contributed by atoms with E-state index >= 15 is 0 Å². The van der Waals surface area contributed by atoms with Gasteiger partial charge < -0.3 is 4.90 Å². The lowest BCUT2D eigenvalue weighted by Gasteiger charge is -2.35. The molecule has 0 radical (unpaired) electrons. The number of carbonyl (C=O) groups excluding carboxylic acids is 1. The molecule has 3 heteroatoms. The summed E-state index contributed by atoms with van der Waals surface area (Å²) in [5, 5.41) is 0. The molecule has 1 rings (SSSR count). The number of amides is 1. The third-order valence-electron chi connectivity index (χ3n) is 3.43. The number of benzene rings is 1. The molecule has 0 saturated heterocycles. The maximum absolute atomic E-state index is 12.4. The van der Waals surface area contributed by atoms with Crippen LogP contribution in [-0.4, -0.2) is 23.4 Å². The average Bonchev–Trinajstić information content (AvgIpc) is 2.27. The molecule has 0 aliphatic carbocycles. The van der Waals surface area contributed by atoms with E-state index in [2.05, 4.69) is 36.7 Å². The summed E-state index contributed by atoms with van der Waals surface area (Å²) in [6, 6.07) is 5.81. The Hall–Kier alpha value is -0.830. The molecule has 94 valence electrons. The van der Waals surface area contributed by atoms with E-state index in [0.29, 0.717) is 0 Å². The number of hydrogen-bond donors (Lipinski definition) is 0. The first kappa shape index (κ1) is 14.2. The average molecular weight is 298 g/mol. The minimum atomic E-state index is -0.124. The fourth-order valence-corrected chi connectivity index (χ4v) is 2.15. The number of halogens is 1. The highest BCUT2D eigenvalue weighted by Crippen LogP contribution is 2.24. The molecule has 0 aliphatic heterocycles. The van der Waals surface area contributed by atoms with Crippen molar-refractivity contribution in [2.75, 3.05) is 7.05 Å². The van der Waals surface area contributed by atoms with E-state index < -0.39 is 0 Å². The first-order valence-corrected chi connectivity index (χ1v) is 6.63. The minimum absolute atomic E-state index is 0.0590. The predicted molar refractivity (Wildman–Crippen MR) is 75.3 cm³/mol. The third kappa shape index (κ3) is 3.09. The molecule has 2 nitrogen and oxygen atoms in total. The van der Waals surface area contributed by atoms with Crippen LogP contribution in [0.4, 0.5) is 0 Å². The zero-order chi connectivity index (χ0) is 13.2. The molecule has 1 amide bonds. The molecule has 0 saturated carbocycles. The summed E-state index contributed by atoms with van der Waals surface area (Å²) >= 11 is 3.46. The van der Waals surface area contributed by atoms with Crippen LogP contribution in [0.15, 0.2) is 22.7 Å². The highest BCUT2D eigenvalue weighted by molar-refractivity contribution is 9.10. The summed E-state index contributed by atoms with van der Waals surface area (Å²) in [6.07, 6.45) is 0.929. The summed E-state index contributed by atoms with van der Waals surface area (Å²) < 4.78 is 0.862. The second kappa shape index (κ2) is 5.21. The molecule has 1 aromatic carbocycles. The quantitative estimate of drug-likeness (QED) is 0.825. The van der Waals surface area contributed by atoms with E-state index in [9.17, 15) is 4.79 Å². The first-order chi connectivity index (χ1) is 7.79. The Kier molecular flexibility index (Phi) is 4.36. The minimum Gasteiger partial charge on any atom is -0.337 e. The second-order valence-corrected chi connectivity index (χ2v) is 5.87. The number of carbonyl (C=O) groups is 1. The highest BCUT2D eigenvalue weighted by Gasteiger charge is 2.27. The monoisotopic (exact) mass is 297 g/mol. The van der Waals surface area contributed by atoms with Gasteiger partial charge in [0, 0.05) is 17.1 Å². The largest absolute Gasteiger partial charge is 0.337 e. The van der Waals surface area contributed by atoms with E-state index in [4.69, 9.17) is 0 Å². The van der Waals surface area contributed by atoms with E-state index in [1.807, 2.05) is 37.1 Å². The van der Waals surface area contributed by atoms with E-state index in [0.717, 1.165) is 22.0 Å². The van der Waals surface area contributed by atoms with Gasteiger partial charge in [-0.3, -0.25) is 4.79 Å². The number of aryl methyl sites for hydroxylation is 1. The molecular formula is C14H20BrNO. The van der Waals surface area contributed by atoms with Gasteiger partial charge in [0.25, 0.3) is 5.91 Å². The van der Waals surface area contributed by atoms with Gasteiger partial charge >= 0.3 is 0 Å². The van der Waals surface area contributed by atoms with Gasteiger partial charge in [0.1, 0.15) is 0 Å². The van der Waals surface area contributed by atoms with Crippen LogP contribution >= 0.6 is 15.9 Å². The van der Waals surface area contributed by atoms with Gasteiger partial charge in [-0.15, -0.1) is 0 Å². The van der Waals surface area contributed by atoms with Gasteiger partial charge in [0.15, 0.2) is 0 Å². The Morgan fingerprint density at radius 2 is 2.00 bits per heavy atom. The van der Waals surface area contributed by atoms with Gasteiger partial charge in [-0.25, -0.2) is 0 Å². The van der Waals surface area contributed by atoms with Crippen molar-refractivity contribution in [3.8, 4) is 0 Å². The molecule has 0 aromatic heterocycles. The van der Waals surface area contributed by atoms with E-state index in [1.54, 1.807) is 0 Å². The van der Waals surface area contributed by atoms with E-state index in [-0.39, 0.29) is 11.4 Å². The standard InChI is InChI=1S/C14H20BrNO/c1-6-14(3,4)16(5)13(17)11-8-7-10(2)9-12(11)15/h7-9H,6H2,1-5H3. The molecule has 0 bridgehead atoms. The fraction of sp³-hybridized carbons (Fsp3) is 0.500. The summed E-state index contributed by atoms with van der Waals surface area (Å²) in [6.45, 7) is 8.26. The molecule has 0 unspecified atom stereocenters. The van der Waals surface area contributed by atoms with Crippen LogP contribution < -0.4 is 0 Å². The molecular weight excluding hydrogens is 278 g/mol. The molecule has 17 heavy (non-hydrogen) atoms. The summed E-state index contributed by atoms with van der Waals surface area (Å²) in [7, 11) is 1.86. The maximum Gasteiger partial charge on any atom is 0.255 e. The molecule has 1 aromatic rings. The van der Waals surface area contributed by atoms with Crippen LogP contribution in [0.5, 0.6) is 0 Å². The lowest BCUT2D eigenvalue weighted by molar-refractivity contribution is 0.0619. The number of hydrogen-bond acceptors (Lipinski definition) is 1. The Balaban J connectivity index is 3.05. The van der Waals surface area contributed by atoms with Crippen molar-refractivity contribution in [3.05, 3.63) is 33.8 Å². The summed E-state index contributed by atoms with van der Waals surface area (Å²) in [5.74, 6) is 0.0590. The van der Waals surface area contributed by atoms with Crippen LogP contribution in [0.1, 0.15) is 43.1 Å². The third-order valence-corrected chi connectivity index (χ3v) is 4.09. The first-order valence-electron chi connectivity index (χ1n) is 5.84. The van der Waals surface area contributed by atoms with Gasteiger partial charge in [0.2, 0.25) is 0 Å². The van der Waals surface area contributed by atoms with Crippen molar-refractivity contribution < 1.29 is 4.79 Å². The normalized spacial score (nSPS) is 11.4. The number of nitrogens with zero attached hydrogens (tertiary/aromatic N) is 1. The van der Waals surface area contributed by atoms with Crippen LogP contribution in [0.25, 0.3) is 0 Å².